The predicted octanol–water partition coefficient (Wildman–Crippen LogP) is 5.23. The molecule has 31 heavy (non-hydrogen) atoms. The molecule has 5 rings (SSSR count). The van der Waals surface area contributed by atoms with Gasteiger partial charge in [-0.2, -0.15) is 5.10 Å². The van der Waals surface area contributed by atoms with Gasteiger partial charge in [-0.05, 0) is 43.3 Å². The number of nitrogens with zero attached hydrogens (tertiary/aromatic N) is 3. The van der Waals surface area contributed by atoms with Crippen LogP contribution in [0.3, 0.4) is 0 Å². The Kier molecular flexibility index (Phi) is 4.94. The van der Waals surface area contributed by atoms with Crippen LogP contribution in [0, 0.1) is 6.92 Å². The van der Waals surface area contributed by atoms with E-state index in [1.807, 2.05) is 79.7 Å². The third-order valence-corrected chi connectivity index (χ3v) is 10.2. The first-order valence-corrected chi connectivity index (χ1v) is 12.8. The van der Waals surface area contributed by atoms with Crippen LogP contribution in [0.5, 0.6) is 0 Å². The highest BCUT2D eigenvalue weighted by molar-refractivity contribution is 8.23. The summed E-state index contributed by atoms with van der Waals surface area (Å²) < 4.78 is 3.48. The van der Waals surface area contributed by atoms with Crippen molar-refractivity contribution in [1.29, 1.82) is 0 Å². The highest BCUT2D eigenvalue weighted by Gasteiger charge is 2.44. The predicted molar refractivity (Wildman–Crippen MR) is 131 cm³/mol. The van der Waals surface area contributed by atoms with E-state index in [2.05, 4.69) is 5.32 Å². The lowest BCUT2D eigenvalue weighted by Gasteiger charge is -2.39. The Morgan fingerprint density at radius 3 is 2.16 bits per heavy atom. The fourth-order valence-electron chi connectivity index (χ4n) is 3.87. The van der Waals surface area contributed by atoms with Crippen molar-refractivity contribution in [2.24, 2.45) is 0 Å². The quantitative estimate of drug-likeness (QED) is 0.422. The van der Waals surface area contributed by atoms with Crippen molar-refractivity contribution in [2.45, 2.75) is 6.92 Å². The molecule has 8 heteroatoms. The van der Waals surface area contributed by atoms with Gasteiger partial charge in [0.2, 0.25) is 0 Å². The molecule has 1 aromatic heterocycles. The summed E-state index contributed by atoms with van der Waals surface area (Å²) in [5.41, 5.74) is 2.36. The van der Waals surface area contributed by atoms with Crippen molar-refractivity contribution in [1.82, 2.24) is 9.78 Å². The van der Waals surface area contributed by atoms with Crippen molar-refractivity contribution in [2.75, 3.05) is 9.99 Å². The number of carbonyl (C=O) groups excluding carboxylic acids is 1. The Bertz CT molecular complexity index is 1320. The molecule has 1 N–H and O–H groups in total. The summed E-state index contributed by atoms with van der Waals surface area (Å²) in [5, 5.41) is 10.2. The summed E-state index contributed by atoms with van der Waals surface area (Å²) in [7, 11) is 0. The number of nitrogens with one attached hydrogen (secondary N) is 1. The molecule has 1 aliphatic heterocycles. The van der Waals surface area contributed by atoms with E-state index in [9.17, 15) is 4.79 Å². The van der Waals surface area contributed by atoms with Crippen molar-refractivity contribution in [3.63, 3.8) is 0 Å². The molecule has 2 amide bonds. The van der Waals surface area contributed by atoms with Crippen LogP contribution in [0.2, 0.25) is 5.02 Å². The average molecular weight is 465 g/mol. The van der Waals surface area contributed by atoms with Crippen LogP contribution in [-0.2, 0) is 11.8 Å². The molecule has 154 valence electrons. The summed E-state index contributed by atoms with van der Waals surface area (Å²) in [6.45, 7) is 1.94. The highest BCUT2D eigenvalue weighted by atomic mass is 35.5. The van der Waals surface area contributed by atoms with Gasteiger partial charge in [0.05, 0.1) is 22.4 Å². The largest absolute Gasteiger partial charge is 0.331 e. The molecule has 1 aliphatic rings. The maximum atomic E-state index is 13.5. The van der Waals surface area contributed by atoms with Gasteiger partial charge in [0.1, 0.15) is 12.0 Å². The number of hydrogen-bond acceptors (Lipinski definition) is 3. The van der Waals surface area contributed by atoms with E-state index in [-0.39, 0.29) is 6.03 Å². The molecule has 0 saturated heterocycles. The van der Waals surface area contributed by atoms with Crippen LogP contribution < -0.4 is 20.6 Å². The maximum Gasteiger partial charge on any atom is 0.331 e. The number of para-hydroxylation sites is 1. The zero-order valence-corrected chi connectivity index (χ0v) is 19.0. The molecule has 0 spiro atoms. The number of rotatable bonds is 3. The molecular weight excluding hydrogens is 447 g/mol. The van der Waals surface area contributed by atoms with Crippen LogP contribution in [0.4, 0.5) is 16.3 Å². The van der Waals surface area contributed by atoms with Gasteiger partial charge in [-0.1, -0.05) is 71.9 Å². The molecule has 0 aliphatic carbocycles. The van der Waals surface area contributed by atoms with Gasteiger partial charge in [0.15, 0.2) is 0 Å². The standard InChI is InChI=1S/C23H18ClN4OPS/c1-16-21-22(27(26-16)18-8-4-2-5-9-18)25-23(29)28(19-14-12-17(24)13-15-19)30(21,31)20-10-6-3-7-11-20/h2-15H,1H3,(H,25,29). The Morgan fingerprint density at radius 1 is 0.903 bits per heavy atom. The first-order chi connectivity index (χ1) is 15.0. The van der Waals surface area contributed by atoms with Crippen LogP contribution >= 0.6 is 17.8 Å². The van der Waals surface area contributed by atoms with E-state index in [1.165, 1.54) is 0 Å². The van der Waals surface area contributed by atoms with Crippen LogP contribution in [0.15, 0.2) is 84.9 Å². The number of halogens is 1. The first kappa shape index (κ1) is 20.0. The fourth-order valence-corrected chi connectivity index (χ4v) is 8.47. The van der Waals surface area contributed by atoms with E-state index in [4.69, 9.17) is 28.5 Å². The van der Waals surface area contributed by atoms with Gasteiger partial charge in [0.25, 0.3) is 0 Å². The molecule has 1 unspecified atom stereocenters. The Labute approximate surface area is 190 Å². The molecular formula is C23H18ClN4OPS. The fraction of sp³-hybridized carbons (Fsp3) is 0.0435. The topological polar surface area (TPSA) is 50.2 Å². The molecule has 5 nitrogen and oxygen atoms in total. The number of hydrogen-bond donors (Lipinski definition) is 1. The summed E-state index contributed by atoms with van der Waals surface area (Å²) in [6, 6.07) is 26.5. The number of aromatic nitrogens is 2. The zero-order valence-electron chi connectivity index (χ0n) is 16.6. The molecule has 0 saturated carbocycles. The average Bonchev–Trinajstić information content (AvgIpc) is 3.13. The Hall–Kier alpha value is -2.92. The van der Waals surface area contributed by atoms with Crippen LogP contribution in [0.25, 0.3) is 5.69 Å². The minimum Gasteiger partial charge on any atom is -0.291 e. The summed E-state index contributed by atoms with van der Waals surface area (Å²) in [6.07, 6.45) is -2.77. The minimum atomic E-state index is -2.77. The number of urea groups is 1. The molecule has 2 heterocycles. The van der Waals surface area contributed by atoms with Crippen LogP contribution in [0.1, 0.15) is 5.69 Å². The van der Waals surface area contributed by atoms with Crippen molar-refractivity contribution >= 4 is 57.7 Å². The van der Waals surface area contributed by atoms with Crippen molar-refractivity contribution in [3.05, 3.63) is 95.6 Å². The second kappa shape index (κ2) is 7.65. The van der Waals surface area contributed by atoms with E-state index in [0.29, 0.717) is 16.5 Å². The molecule has 0 radical (unpaired) electrons. The lowest BCUT2D eigenvalue weighted by Crippen LogP contribution is -2.45. The van der Waals surface area contributed by atoms with E-state index in [0.717, 1.165) is 22.0 Å². The maximum absolute atomic E-state index is 13.5. The SMILES string of the molecule is Cc1nn(-c2ccccc2)c2c1P(=S)(c1ccccc1)N(c1ccc(Cl)cc1)C(=O)N2. The van der Waals surface area contributed by atoms with Gasteiger partial charge in [-0.15, -0.1) is 0 Å². The second-order valence-corrected chi connectivity index (χ2v) is 11.7. The van der Waals surface area contributed by atoms with E-state index in [1.54, 1.807) is 21.5 Å². The van der Waals surface area contributed by atoms with E-state index >= 15 is 0 Å². The van der Waals surface area contributed by atoms with Gasteiger partial charge in [-0.25, -0.2) is 9.48 Å². The first-order valence-electron chi connectivity index (χ1n) is 9.68. The summed E-state index contributed by atoms with van der Waals surface area (Å²) in [4.78, 5) is 13.5. The summed E-state index contributed by atoms with van der Waals surface area (Å²) >= 11 is 12.5. The van der Waals surface area contributed by atoms with Gasteiger partial charge >= 0.3 is 6.03 Å². The summed E-state index contributed by atoms with van der Waals surface area (Å²) in [5.74, 6) is 0.631. The van der Waals surface area contributed by atoms with Crippen molar-refractivity contribution in [3.8, 4) is 5.69 Å². The molecule has 0 fully saturated rings. The zero-order chi connectivity index (χ0) is 21.6. The molecule has 1 atom stereocenters. The lowest BCUT2D eigenvalue weighted by atomic mass is 10.3. The Balaban J connectivity index is 1.81. The third kappa shape index (κ3) is 3.19. The molecule has 3 aromatic carbocycles. The second-order valence-electron chi connectivity index (χ2n) is 7.16. The Morgan fingerprint density at radius 2 is 1.52 bits per heavy atom. The van der Waals surface area contributed by atoms with E-state index < -0.39 is 6.19 Å². The van der Waals surface area contributed by atoms with Crippen molar-refractivity contribution < 1.29 is 4.79 Å². The molecule has 0 bridgehead atoms. The number of benzene rings is 3. The third-order valence-electron chi connectivity index (χ3n) is 5.21. The monoisotopic (exact) mass is 464 g/mol. The minimum absolute atomic E-state index is 0.279. The van der Waals surface area contributed by atoms with Crippen LogP contribution in [-0.4, -0.2) is 15.8 Å². The smallest absolute Gasteiger partial charge is 0.291 e. The lowest BCUT2D eigenvalue weighted by molar-refractivity contribution is 0.259. The number of aryl methyl sites for hydroxylation is 1. The van der Waals surface area contributed by atoms with Gasteiger partial charge < -0.3 is 0 Å². The van der Waals surface area contributed by atoms with Gasteiger partial charge in [-0.3, -0.25) is 9.99 Å². The van der Waals surface area contributed by atoms with Gasteiger partial charge in [0, 0.05) is 10.3 Å². The number of fused-ring (bicyclic) bond motifs is 1. The number of anilines is 2. The number of carbonyl (C=O) groups is 1. The number of amides is 2. The molecule has 4 aromatic rings. The normalized spacial score (nSPS) is 17.9. The highest BCUT2D eigenvalue weighted by Crippen LogP contribution is 2.55.